The van der Waals surface area contributed by atoms with Gasteiger partial charge in [-0.2, -0.15) is 0 Å². The first kappa shape index (κ1) is 23.1. The molecule has 2 atom stereocenters. The first-order chi connectivity index (χ1) is 10.7. The van der Waals surface area contributed by atoms with Crippen LogP contribution in [0.2, 0.25) is 0 Å². The Labute approximate surface area is 144 Å². The summed E-state index contributed by atoms with van der Waals surface area (Å²) in [5.74, 6) is 0. The maximum atomic E-state index is 12.4. The van der Waals surface area contributed by atoms with Crippen LogP contribution in [-0.2, 0) is 13.8 Å². The molecule has 0 saturated heterocycles. The first-order valence-electron chi connectivity index (χ1n) is 9.23. The quantitative estimate of drug-likeness (QED) is 0.330. The van der Waals surface area contributed by atoms with Crippen molar-refractivity contribution in [2.45, 2.75) is 103 Å². The molecule has 5 heteroatoms. The fourth-order valence-corrected chi connectivity index (χ4v) is 3.84. The van der Waals surface area contributed by atoms with Crippen molar-refractivity contribution >= 4 is 8.03 Å². The summed E-state index contributed by atoms with van der Waals surface area (Å²) < 4.78 is 24.0. The van der Waals surface area contributed by atoms with E-state index in [1.807, 2.05) is 34.6 Å². The van der Waals surface area contributed by atoms with Crippen LogP contribution in [0.3, 0.4) is 0 Å². The van der Waals surface area contributed by atoms with E-state index in [1.54, 1.807) is 0 Å². The van der Waals surface area contributed by atoms with Gasteiger partial charge in [-0.1, -0.05) is 45.4 Å². The van der Waals surface area contributed by atoms with Gasteiger partial charge in [-0.05, 0) is 47.0 Å². The molecule has 0 spiro atoms. The van der Waals surface area contributed by atoms with Gasteiger partial charge in [0, 0.05) is 6.61 Å². The van der Waals surface area contributed by atoms with Crippen molar-refractivity contribution in [3.8, 4) is 0 Å². The minimum absolute atomic E-state index is 0.312. The molecular formula is C18H39O4P. The lowest BCUT2D eigenvalue weighted by molar-refractivity contribution is -0.0820. The molecule has 1 N–H and O–H groups in total. The second-order valence-electron chi connectivity index (χ2n) is 7.49. The molecule has 140 valence electrons. The summed E-state index contributed by atoms with van der Waals surface area (Å²) in [6.07, 6.45) is 9.72. The standard InChI is InChI=1S/C18H39O4P/c1-6-18(5,22-17(2,3)4)23(20)21-16-14-12-10-8-7-9-11-13-15-19/h19,23H,6-16H2,1-5H3. The van der Waals surface area contributed by atoms with Crippen molar-refractivity contribution in [3.05, 3.63) is 0 Å². The monoisotopic (exact) mass is 350 g/mol. The van der Waals surface area contributed by atoms with E-state index >= 15 is 0 Å². The van der Waals surface area contributed by atoms with Crippen LogP contribution in [0.4, 0.5) is 0 Å². The summed E-state index contributed by atoms with van der Waals surface area (Å²) in [7, 11) is -2.21. The van der Waals surface area contributed by atoms with Crippen molar-refractivity contribution < 1.29 is 18.9 Å². The van der Waals surface area contributed by atoms with E-state index in [-0.39, 0.29) is 5.60 Å². The second kappa shape index (κ2) is 12.5. The number of rotatable bonds is 14. The maximum Gasteiger partial charge on any atom is 0.222 e. The topological polar surface area (TPSA) is 55.8 Å². The predicted molar refractivity (Wildman–Crippen MR) is 98.5 cm³/mol. The Hall–Kier alpha value is 0.110. The number of ether oxygens (including phenoxy) is 1. The van der Waals surface area contributed by atoms with Crippen molar-refractivity contribution in [3.63, 3.8) is 0 Å². The van der Waals surface area contributed by atoms with Gasteiger partial charge in [0.05, 0.1) is 12.2 Å². The summed E-state index contributed by atoms with van der Waals surface area (Å²) in [6.45, 7) is 10.7. The van der Waals surface area contributed by atoms with Gasteiger partial charge in [-0.3, -0.25) is 4.57 Å². The predicted octanol–water partition coefficient (Wildman–Crippen LogP) is 5.53. The Morgan fingerprint density at radius 1 is 0.870 bits per heavy atom. The van der Waals surface area contributed by atoms with Crippen molar-refractivity contribution in [1.29, 1.82) is 0 Å². The Morgan fingerprint density at radius 2 is 1.35 bits per heavy atom. The van der Waals surface area contributed by atoms with Gasteiger partial charge in [-0.15, -0.1) is 0 Å². The third kappa shape index (κ3) is 12.2. The van der Waals surface area contributed by atoms with Crippen molar-refractivity contribution in [2.24, 2.45) is 0 Å². The fraction of sp³-hybridized carbons (Fsp3) is 1.00. The minimum atomic E-state index is -2.21. The first-order valence-corrected chi connectivity index (χ1v) is 10.5. The highest BCUT2D eigenvalue weighted by Crippen LogP contribution is 2.45. The number of hydrogen-bond donors (Lipinski definition) is 1. The normalized spacial score (nSPS) is 16.3. The Bertz CT molecular complexity index is 315. The van der Waals surface area contributed by atoms with Gasteiger partial charge in [0.25, 0.3) is 0 Å². The van der Waals surface area contributed by atoms with E-state index < -0.39 is 13.4 Å². The summed E-state index contributed by atoms with van der Waals surface area (Å²) in [6, 6.07) is 0. The zero-order valence-electron chi connectivity index (χ0n) is 16.0. The molecule has 2 unspecified atom stereocenters. The second-order valence-corrected chi connectivity index (χ2v) is 9.41. The highest BCUT2D eigenvalue weighted by Gasteiger charge is 2.35. The molecule has 0 aliphatic carbocycles. The molecule has 0 heterocycles. The van der Waals surface area contributed by atoms with Crippen LogP contribution in [0, 0.1) is 0 Å². The Balaban J connectivity index is 3.76. The molecule has 0 aliphatic rings. The van der Waals surface area contributed by atoms with Crippen LogP contribution >= 0.6 is 8.03 Å². The number of aliphatic hydroxyl groups excluding tert-OH is 1. The summed E-state index contributed by atoms with van der Waals surface area (Å²) in [4.78, 5) is 0. The molecular weight excluding hydrogens is 311 g/mol. The SMILES string of the molecule is CCC(C)(OC(C)(C)C)[PH](=O)OCCCCCCCCCCO. The lowest BCUT2D eigenvalue weighted by Crippen LogP contribution is -2.34. The van der Waals surface area contributed by atoms with Gasteiger partial charge < -0.3 is 14.4 Å². The lowest BCUT2D eigenvalue weighted by Gasteiger charge is -2.35. The van der Waals surface area contributed by atoms with Crippen molar-refractivity contribution in [2.75, 3.05) is 13.2 Å². The molecule has 23 heavy (non-hydrogen) atoms. The van der Waals surface area contributed by atoms with E-state index in [2.05, 4.69) is 0 Å². The largest absolute Gasteiger partial charge is 0.396 e. The maximum absolute atomic E-state index is 12.4. The van der Waals surface area contributed by atoms with Gasteiger partial charge in [0.1, 0.15) is 5.34 Å². The number of unbranched alkanes of at least 4 members (excludes halogenated alkanes) is 7. The Kier molecular flexibility index (Phi) is 12.5. The molecule has 0 aromatic carbocycles. The smallest absolute Gasteiger partial charge is 0.222 e. The van der Waals surface area contributed by atoms with Crippen LogP contribution in [0.15, 0.2) is 0 Å². The fourth-order valence-electron chi connectivity index (χ4n) is 2.53. The zero-order valence-corrected chi connectivity index (χ0v) is 17.0. The van der Waals surface area contributed by atoms with Crippen LogP contribution in [0.25, 0.3) is 0 Å². The van der Waals surface area contributed by atoms with Crippen LogP contribution in [0.5, 0.6) is 0 Å². The molecule has 0 rings (SSSR count). The molecule has 0 fully saturated rings. The van der Waals surface area contributed by atoms with E-state index in [9.17, 15) is 4.57 Å². The summed E-state index contributed by atoms with van der Waals surface area (Å²) in [5, 5.41) is 8.03. The van der Waals surface area contributed by atoms with E-state index in [1.165, 1.54) is 25.7 Å². The number of hydrogen-bond acceptors (Lipinski definition) is 4. The molecule has 0 amide bonds. The summed E-state index contributed by atoms with van der Waals surface area (Å²) >= 11 is 0. The van der Waals surface area contributed by atoms with E-state index in [0.717, 1.165) is 25.7 Å². The van der Waals surface area contributed by atoms with Crippen LogP contribution in [0.1, 0.15) is 92.4 Å². The van der Waals surface area contributed by atoms with Crippen LogP contribution < -0.4 is 0 Å². The van der Waals surface area contributed by atoms with Gasteiger partial charge in [0.15, 0.2) is 0 Å². The van der Waals surface area contributed by atoms with Crippen molar-refractivity contribution in [1.82, 2.24) is 0 Å². The highest BCUT2D eigenvalue weighted by atomic mass is 31.1. The highest BCUT2D eigenvalue weighted by molar-refractivity contribution is 7.40. The average molecular weight is 350 g/mol. The summed E-state index contributed by atoms with van der Waals surface area (Å²) in [5.41, 5.74) is -0.315. The average Bonchev–Trinajstić information content (AvgIpc) is 2.47. The lowest BCUT2D eigenvalue weighted by atomic mass is 10.1. The number of aliphatic hydroxyl groups is 1. The van der Waals surface area contributed by atoms with E-state index in [4.69, 9.17) is 14.4 Å². The molecule has 0 saturated carbocycles. The molecule has 0 aliphatic heterocycles. The third-order valence-corrected chi connectivity index (χ3v) is 5.71. The van der Waals surface area contributed by atoms with Gasteiger partial charge in [-0.25, -0.2) is 0 Å². The molecule has 0 radical (unpaired) electrons. The van der Waals surface area contributed by atoms with Gasteiger partial charge in [0.2, 0.25) is 8.03 Å². The van der Waals surface area contributed by atoms with Gasteiger partial charge >= 0.3 is 0 Å². The molecule has 0 aromatic heterocycles. The zero-order chi connectivity index (χ0) is 17.8. The Morgan fingerprint density at radius 3 is 1.78 bits per heavy atom. The van der Waals surface area contributed by atoms with E-state index in [0.29, 0.717) is 19.6 Å². The molecule has 4 nitrogen and oxygen atoms in total. The molecule has 0 bridgehead atoms. The van der Waals surface area contributed by atoms with Crippen LogP contribution in [-0.4, -0.2) is 29.3 Å². The molecule has 0 aromatic rings. The minimum Gasteiger partial charge on any atom is -0.396 e. The third-order valence-electron chi connectivity index (χ3n) is 3.92.